The number of nitrogens with zero attached hydrogens (tertiary/aromatic N) is 3. The fraction of sp³-hybridized carbons (Fsp3) is 0.882. The molecule has 1 saturated heterocycles. The number of piperidine rings is 1. The quantitative estimate of drug-likeness (QED) is 0.364. The molecule has 0 aliphatic carbocycles. The number of carbonyl (C=O) groups excluding carboxylic acids is 1. The molecule has 2 N–H and O–H groups in total. The smallest absolute Gasteiger partial charge is 0.243 e. The summed E-state index contributed by atoms with van der Waals surface area (Å²) in [4.78, 5) is 20.1. The number of hydrogen-bond donors (Lipinski definition) is 2. The first-order valence-corrected chi connectivity index (χ1v) is 9.00. The van der Waals surface area contributed by atoms with Crippen molar-refractivity contribution < 1.29 is 9.53 Å². The number of aliphatic imine (C=N–C) groups is 1. The minimum absolute atomic E-state index is 0.00927. The van der Waals surface area contributed by atoms with E-state index in [4.69, 9.17) is 4.74 Å². The van der Waals surface area contributed by atoms with Crippen LogP contribution in [0.15, 0.2) is 4.99 Å². The Hall–Kier alpha value is -1.34. The number of carbonyl (C=O) groups is 1. The molecule has 1 aliphatic heterocycles. The third-order valence-corrected chi connectivity index (χ3v) is 4.32. The first kappa shape index (κ1) is 20.7. The largest absolute Gasteiger partial charge is 0.383 e. The summed E-state index contributed by atoms with van der Waals surface area (Å²) in [5, 5.41) is 6.50. The van der Waals surface area contributed by atoms with Crippen LogP contribution >= 0.6 is 0 Å². The van der Waals surface area contributed by atoms with Crippen molar-refractivity contribution in [3.63, 3.8) is 0 Å². The van der Waals surface area contributed by atoms with Gasteiger partial charge in [0, 0.05) is 46.9 Å². The second kappa shape index (κ2) is 12.1. The highest BCUT2D eigenvalue weighted by Gasteiger charge is 2.17. The monoisotopic (exact) mass is 341 g/mol. The third kappa shape index (κ3) is 8.49. The second-order valence-corrected chi connectivity index (χ2v) is 6.53. The van der Waals surface area contributed by atoms with Crippen LogP contribution in [0.1, 0.15) is 32.6 Å². The minimum atomic E-state index is -0.00927. The molecule has 1 fully saturated rings. The summed E-state index contributed by atoms with van der Waals surface area (Å²) < 4.78 is 5.05. The Morgan fingerprint density at radius 3 is 2.71 bits per heavy atom. The fourth-order valence-electron chi connectivity index (χ4n) is 2.71. The number of likely N-dealkylation sites (N-methyl/N-ethyl adjacent to an activating group) is 1. The molecule has 1 atom stereocenters. The lowest BCUT2D eigenvalue weighted by Crippen LogP contribution is -2.42. The van der Waals surface area contributed by atoms with Gasteiger partial charge >= 0.3 is 0 Å². The van der Waals surface area contributed by atoms with E-state index in [2.05, 4.69) is 27.4 Å². The highest BCUT2D eigenvalue weighted by Crippen LogP contribution is 2.15. The van der Waals surface area contributed by atoms with Crippen LogP contribution in [0.3, 0.4) is 0 Å². The number of likely N-dealkylation sites (tertiary alicyclic amines) is 1. The van der Waals surface area contributed by atoms with Crippen LogP contribution in [0.4, 0.5) is 0 Å². The maximum Gasteiger partial charge on any atom is 0.243 e. The normalized spacial score (nSPS) is 19.2. The van der Waals surface area contributed by atoms with Crippen molar-refractivity contribution in [3.8, 4) is 0 Å². The van der Waals surface area contributed by atoms with Crippen LogP contribution in [-0.4, -0.2) is 88.2 Å². The van der Waals surface area contributed by atoms with E-state index < -0.39 is 0 Å². The lowest BCUT2D eigenvalue weighted by molar-refractivity contribution is -0.127. The van der Waals surface area contributed by atoms with Gasteiger partial charge in [-0.15, -0.1) is 0 Å². The van der Waals surface area contributed by atoms with Crippen LogP contribution in [-0.2, 0) is 9.53 Å². The standard InChI is InChI=1S/C17H35N5O2/c1-15-8-5-6-11-22(15)12-7-9-18-17(19-10-13-24-4)20-14-16(23)21(2)3/h15H,5-14H2,1-4H3,(H2,18,19,20). The molecule has 1 unspecified atom stereocenters. The van der Waals surface area contributed by atoms with Gasteiger partial charge in [0.05, 0.1) is 6.61 Å². The fourth-order valence-corrected chi connectivity index (χ4v) is 2.71. The SMILES string of the molecule is COCCNC(=NCC(=O)N(C)C)NCCCN1CCCCC1C. The molecule has 0 bridgehead atoms. The van der Waals surface area contributed by atoms with Gasteiger partial charge in [-0.3, -0.25) is 4.79 Å². The number of rotatable bonds is 9. The van der Waals surface area contributed by atoms with Gasteiger partial charge < -0.3 is 25.2 Å². The molecule has 1 aliphatic rings. The summed E-state index contributed by atoms with van der Waals surface area (Å²) in [5.74, 6) is 0.666. The van der Waals surface area contributed by atoms with Crippen molar-refractivity contribution >= 4 is 11.9 Å². The molecule has 24 heavy (non-hydrogen) atoms. The van der Waals surface area contributed by atoms with Crippen LogP contribution in [0.2, 0.25) is 0 Å². The van der Waals surface area contributed by atoms with Crippen molar-refractivity contribution in [2.45, 2.75) is 38.6 Å². The summed E-state index contributed by atoms with van der Waals surface area (Å²) in [6.07, 6.45) is 5.05. The molecule has 0 aromatic rings. The van der Waals surface area contributed by atoms with E-state index in [0.29, 0.717) is 25.2 Å². The van der Waals surface area contributed by atoms with Crippen molar-refractivity contribution in [2.24, 2.45) is 4.99 Å². The average Bonchev–Trinajstić information content (AvgIpc) is 2.57. The molecular formula is C17H35N5O2. The van der Waals surface area contributed by atoms with E-state index in [1.807, 2.05) is 0 Å². The second-order valence-electron chi connectivity index (χ2n) is 6.53. The van der Waals surface area contributed by atoms with E-state index in [9.17, 15) is 4.79 Å². The highest BCUT2D eigenvalue weighted by atomic mass is 16.5. The molecule has 0 radical (unpaired) electrons. The number of guanidine groups is 1. The molecule has 1 heterocycles. The van der Waals surface area contributed by atoms with E-state index in [1.165, 1.54) is 25.8 Å². The summed E-state index contributed by atoms with van der Waals surface area (Å²) in [6.45, 7) is 6.91. The number of nitrogens with one attached hydrogen (secondary N) is 2. The van der Waals surface area contributed by atoms with Gasteiger partial charge in [0.15, 0.2) is 5.96 Å². The topological polar surface area (TPSA) is 69.2 Å². The molecule has 140 valence electrons. The molecule has 7 heteroatoms. The number of amides is 1. The van der Waals surface area contributed by atoms with Gasteiger partial charge in [-0.2, -0.15) is 0 Å². The lowest BCUT2D eigenvalue weighted by atomic mass is 10.0. The summed E-state index contributed by atoms with van der Waals surface area (Å²) in [6, 6.07) is 0.699. The summed E-state index contributed by atoms with van der Waals surface area (Å²) in [7, 11) is 5.15. The summed E-state index contributed by atoms with van der Waals surface area (Å²) in [5.41, 5.74) is 0. The van der Waals surface area contributed by atoms with E-state index in [0.717, 1.165) is 19.5 Å². The van der Waals surface area contributed by atoms with Gasteiger partial charge in [0.25, 0.3) is 0 Å². The summed E-state index contributed by atoms with van der Waals surface area (Å²) >= 11 is 0. The van der Waals surface area contributed by atoms with Crippen molar-refractivity contribution in [3.05, 3.63) is 0 Å². The van der Waals surface area contributed by atoms with Crippen LogP contribution < -0.4 is 10.6 Å². The predicted octanol–water partition coefficient (Wildman–Crippen LogP) is 0.521. The maximum atomic E-state index is 11.7. The molecule has 0 aromatic heterocycles. The number of hydrogen-bond acceptors (Lipinski definition) is 4. The Labute approximate surface area is 146 Å². The van der Waals surface area contributed by atoms with Gasteiger partial charge in [0.2, 0.25) is 5.91 Å². The van der Waals surface area contributed by atoms with Crippen molar-refractivity contribution in [1.82, 2.24) is 20.4 Å². The molecule has 7 nitrogen and oxygen atoms in total. The molecule has 0 spiro atoms. The Morgan fingerprint density at radius 1 is 1.29 bits per heavy atom. The Kier molecular flexibility index (Phi) is 10.4. The van der Waals surface area contributed by atoms with Crippen LogP contribution in [0, 0.1) is 0 Å². The zero-order valence-electron chi connectivity index (χ0n) is 15.8. The predicted molar refractivity (Wildman–Crippen MR) is 98.4 cm³/mol. The molecule has 0 aromatic carbocycles. The average molecular weight is 342 g/mol. The van der Waals surface area contributed by atoms with Crippen LogP contribution in [0.5, 0.6) is 0 Å². The zero-order chi connectivity index (χ0) is 17.8. The van der Waals surface area contributed by atoms with Crippen molar-refractivity contribution in [1.29, 1.82) is 0 Å². The Morgan fingerprint density at radius 2 is 2.04 bits per heavy atom. The molecule has 0 saturated carbocycles. The van der Waals surface area contributed by atoms with Gasteiger partial charge in [-0.05, 0) is 32.7 Å². The van der Waals surface area contributed by atoms with Crippen molar-refractivity contribution in [2.75, 3.05) is 60.5 Å². The molecular weight excluding hydrogens is 306 g/mol. The van der Waals surface area contributed by atoms with E-state index >= 15 is 0 Å². The van der Waals surface area contributed by atoms with E-state index in [1.54, 1.807) is 26.1 Å². The minimum Gasteiger partial charge on any atom is -0.383 e. The highest BCUT2D eigenvalue weighted by molar-refractivity contribution is 5.84. The Balaban J connectivity index is 2.34. The Bertz CT molecular complexity index is 387. The molecule has 1 amide bonds. The molecule has 1 rings (SSSR count). The maximum absolute atomic E-state index is 11.7. The van der Waals surface area contributed by atoms with Crippen LogP contribution in [0.25, 0.3) is 0 Å². The third-order valence-electron chi connectivity index (χ3n) is 4.32. The lowest BCUT2D eigenvalue weighted by Gasteiger charge is -2.33. The van der Waals surface area contributed by atoms with Gasteiger partial charge in [0.1, 0.15) is 6.54 Å². The zero-order valence-corrected chi connectivity index (χ0v) is 15.8. The first-order valence-electron chi connectivity index (χ1n) is 9.00. The number of methoxy groups -OCH3 is 1. The van der Waals surface area contributed by atoms with Gasteiger partial charge in [-0.1, -0.05) is 6.42 Å². The van der Waals surface area contributed by atoms with E-state index in [-0.39, 0.29) is 12.5 Å². The number of ether oxygens (including phenoxy) is 1. The van der Waals surface area contributed by atoms with Gasteiger partial charge in [-0.25, -0.2) is 4.99 Å². The first-order chi connectivity index (χ1) is 11.5.